The molecule has 3 aromatic heterocycles. The number of carbonyl (C=O) groups excluding carboxylic acids is 1. The van der Waals surface area contributed by atoms with E-state index >= 15 is 0 Å². The number of pyridine rings is 1. The van der Waals surface area contributed by atoms with E-state index in [9.17, 15) is 4.79 Å². The summed E-state index contributed by atoms with van der Waals surface area (Å²) in [4.78, 5) is 24.8. The number of carbonyl (C=O) groups is 1. The Morgan fingerprint density at radius 2 is 2.18 bits per heavy atom. The van der Waals surface area contributed by atoms with E-state index in [4.69, 9.17) is 4.52 Å². The molecule has 0 unspecified atom stereocenters. The second-order valence-electron chi connectivity index (χ2n) is 6.00. The van der Waals surface area contributed by atoms with Crippen molar-refractivity contribution in [3.8, 4) is 23.0 Å². The van der Waals surface area contributed by atoms with Gasteiger partial charge in [-0.15, -0.1) is 0 Å². The van der Waals surface area contributed by atoms with Gasteiger partial charge in [-0.2, -0.15) is 4.98 Å². The molecule has 1 aromatic carbocycles. The highest BCUT2D eigenvalue weighted by molar-refractivity contribution is 9.10. The minimum atomic E-state index is -0.118. The third-order valence-corrected chi connectivity index (χ3v) is 4.40. The van der Waals surface area contributed by atoms with E-state index in [0.717, 1.165) is 15.6 Å². The van der Waals surface area contributed by atoms with Crippen molar-refractivity contribution in [3.05, 3.63) is 71.4 Å². The number of amides is 1. The molecule has 0 aliphatic heterocycles. The Balaban J connectivity index is 1.38. The van der Waals surface area contributed by atoms with Gasteiger partial charge in [0, 0.05) is 29.6 Å². The number of benzene rings is 1. The predicted molar refractivity (Wildman–Crippen MR) is 105 cm³/mol. The molecule has 0 aliphatic rings. The molecule has 140 valence electrons. The Kier molecular flexibility index (Phi) is 5.24. The van der Waals surface area contributed by atoms with Crippen LogP contribution in [0.4, 0.5) is 0 Å². The fourth-order valence-corrected chi connectivity index (χ4v) is 3.01. The van der Waals surface area contributed by atoms with Gasteiger partial charge in [0.1, 0.15) is 12.2 Å². The van der Waals surface area contributed by atoms with Gasteiger partial charge in [-0.05, 0) is 29.8 Å². The number of hydrogen-bond acceptors (Lipinski definition) is 6. The third-order valence-electron chi connectivity index (χ3n) is 3.90. The van der Waals surface area contributed by atoms with Gasteiger partial charge in [0.2, 0.25) is 11.7 Å². The number of imidazole rings is 1. The fourth-order valence-electron chi connectivity index (χ4n) is 2.57. The first kappa shape index (κ1) is 18.1. The zero-order chi connectivity index (χ0) is 19.3. The van der Waals surface area contributed by atoms with Crippen LogP contribution in [0, 0.1) is 0 Å². The molecule has 0 spiro atoms. The van der Waals surface area contributed by atoms with Crippen molar-refractivity contribution in [2.24, 2.45) is 0 Å². The van der Waals surface area contributed by atoms with Gasteiger partial charge in [-0.25, -0.2) is 4.98 Å². The predicted octanol–water partition coefficient (Wildman–Crippen LogP) is 3.07. The molecular formula is C19H15BrN6O2. The van der Waals surface area contributed by atoms with Crippen LogP contribution in [0.25, 0.3) is 23.0 Å². The first-order valence-corrected chi connectivity index (χ1v) is 9.24. The van der Waals surface area contributed by atoms with Crippen molar-refractivity contribution in [2.75, 3.05) is 0 Å². The molecule has 28 heavy (non-hydrogen) atoms. The topological polar surface area (TPSA) is 98.7 Å². The first-order valence-electron chi connectivity index (χ1n) is 8.45. The van der Waals surface area contributed by atoms with E-state index in [1.165, 1.54) is 0 Å². The summed E-state index contributed by atoms with van der Waals surface area (Å²) in [5.74, 6) is 0.602. The summed E-state index contributed by atoms with van der Waals surface area (Å²) in [7, 11) is 0. The van der Waals surface area contributed by atoms with Gasteiger partial charge in [0.25, 0.3) is 5.89 Å². The number of aromatic nitrogens is 5. The number of nitrogens with zero attached hydrogens (tertiary/aromatic N) is 5. The van der Waals surface area contributed by atoms with Gasteiger partial charge in [0.15, 0.2) is 0 Å². The highest BCUT2D eigenvalue weighted by Gasteiger charge is 2.13. The summed E-state index contributed by atoms with van der Waals surface area (Å²) in [5.41, 5.74) is 2.27. The minimum absolute atomic E-state index is 0.118. The van der Waals surface area contributed by atoms with Crippen LogP contribution in [0.5, 0.6) is 0 Å². The molecule has 0 fully saturated rings. The monoisotopic (exact) mass is 438 g/mol. The summed E-state index contributed by atoms with van der Waals surface area (Å²) in [6.07, 6.45) is 6.58. The van der Waals surface area contributed by atoms with E-state index in [2.05, 4.69) is 41.4 Å². The Hall–Kier alpha value is -3.33. The Morgan fingerprint density at radius 3 is 3.00 bits per heavy atom. The Labute approximate surface area is 168 Å². The summed E-state index contributed by atoms with van der Waals surface area (Å²) in [6.45, 7) is 0.605. The molecule has 0 saturated heterocycles. The number of halogens is 1. The zero-order valence-corrected chi connectivity index (χ0v) is 16.2. The lowest BCUT2D eigenvalue weighted by atomic mass is 10.2. The van der Waals surface area contributed by atoms with Crippen molar-refractivity contribution in [1.29, 1.82) is 0 Å². The summed E-state index contributed by atoms with van der Waals surface area (Å²) in [6, 6.07) is 11.4. The van der Waals surface area contributed by atoms with Gasteiger partial charge in [-0.1, -0.05) is 33.2 Å². The highest BCUT2D eigenvalue weighted by atomic mass is 79.9. The number of hydrogen-bond donors (Lipinski definition) is 1. The van der Waals surface area contributed by atoms with Crippen LogP contribution in [0.1, 0.15) is 5.56 Å². The van der Waals surface area contributed by atoms with Crippen LogP contribution >= 0.6 is 15.9 Å². The molecule has 8 nitrogen and oxygen atoms in total. The van der Waals surface area contributed by atoms with E-state index in [0.29, 0.717) is 24.0 Å². The largest absolute Gasteiger partial charge is 0.350 e. The third kappa shape index (κ3) is 4.32. The Bertz CT molecular complexity index is 1090. The van der Waals surface area contributed by atoms with Crippen molar-refractivity contribution in [2.45, 2.75) is 13.1 Å². The van der Waals surface area contributed by atoms with Gasteiger partial charge in [-0.3, -0.25) is 9.78 Å². The van der Waals surface area contributed by atoms with Crippen molar-refractivity contribution in [3.63, 3.8) is 0 Å². The zero-order valence-electron chi connectivity index (χ0n) is 14.6. The van der Waals surface area contributed by atoms with Gasteiger partial charge < -0.3 is 14.4 Å². The molecule has 0 saturated carbocycles. The standard InChI is InChI=1S/C19H15BrN6O2/c20-15-5-1-3-13(7-15)8-22-17(27)11-26-10-16(23-12-26)18-24-19(28-25-18)14-4-2-6-21-9-14/h1-7,9-10,12H,8,11H2,(H,22,27). The molecule has 3 heterocycles. The maximum Gasteiger partial charge on any atom is 0.259 e. The van der Waals surface area contributed by atoms with Crippen molar-refractivity contribution < 1.29 is 9.32 Å². The van der Waals surface area contributed by atoms with Crippen LogP contribution < -0.4 is 5.32 Å². The summed E-state index contributed by atoms with van der Waals surface area (Å²) in [5, 5.41) is 6.83. The summed E-state index contributed by atoms with van der Waals surface area (Å²) < 4.78 is 7.91. The molecule has 9 heteroatoms. The maximum absolute atomic E-state index is 12.2. The molecule has 0 radical (unpaired) electrons. The first-order chi connectivity index (χ1) is 13.7. The molecule has 4 aromatic rings. The van der Waals surface area contributed by atoms with Crippen molar-refractivity contribution >= 4 is 21.8 Å². The molecule has 0 aliphatic carbocycles. The average Bonchev–Trinajstić information content (AvgIpc) is 3.37. The molecule has 4 rings (SSSR count). The average molecular weight is 439 g/mol. The van der Waals surface area contributed by atoms with Crippen LogP contribution in [0.15, 0.2) is 70.3 Å². The molecule has 0 atom stereocenters. The SMILES string of the molecule is O=C(Cn1cnc(-c2noc(-c3cccnc3)n2)c1)NCc1cccc(Br)c1. The molecular weight excluding hydrogens is 424 g/mol. The van der Waals surface area contributed by atoms with Crippen molar-refractivity contribution in [1.82, 2.24) is 30.0 Å². The van der Waals surface area contributed by atoms with Crippen LogP contribution in [-0.2, 0) is 17.9 Å². The van der Waals surface area contributed by atoms with Gasteiger partial charge >= 0.3 is 0 Å². The fraction of sp³-hybridized carbons (Fsp3) is 0.105. The van der Waals surface area contributed by atoms with Crippen LogP contribution in [-0.4, -0.2) is 30.6 Å². The Morgan fingerprint density at radius 1 is 1.25 bits per heavy atom. The van der Waals surface area contributed by atoms with Crippen LogP contribution in [0.2, 0.25) is 0 Å². The van der Waals surface area contributed by atoms with E-state index < -0.39 is 0 Å². The number of rotatable bonds is 6. The highest BCUT2D eigenvalue weighted by Crippen LogP contribution is 2.20. The maximum atomic E-state index is 12.2. The summed E-state index contributed by atoms with van der Waals surface area (Å²) >= 11 is 3.42. The van der Waals surface area contributed by atoms with E-state index in [1.54, 1.807) is 35.6 Å². The molecule has 1 amide bonds. The normalized spacial score (nSPS) is 10.8. The van der Waals surface area contributed by atoms with Gasteiger partial charge in [0.05, 0.1) is 11.9 Å². The van der Waals surface area contributed by atoms with E-state index in [1.807, 2.05) is 30.3 Å². The second-order valence-corrected chi connectivity index (χ2v) is 6.92. The lowest BCUT2D eigenvalue weighted by Crippen LogP contribution is -2.26. The lowest BCUT2D eigenvalue weighted by molar-refractivity contribution is -0.121. The van der Waals surface area contributed by atoms with E-state index in [-0.39, 0.29) is 12.5 Å². The molecule has 0 bridgehead atoms. The minimum Gasteiger partial charge on any atom is -0.350 e. The van der Waals surface area contributed by atoms with Crippen LogP contribution in [0.3, 0.4) is 0 Å². The number of nitrogens with one attached hydrogen (secondary N) is 1. The molecule has 1 N–H and O–H groups in total. The quantitative estimate of drug-likeness (QED) is 0.496. The smallest absolute Gasteiger partial charge is 0.259 e. The second kappa shape index (κ2) is 8.13. The lowest BCUT2D eigenvalue weighted by Gasteiger charge is -2.06.